The molecule has 0 atom stereocenters. The van der Waals surface area contributed by atoms with Gasteiger partial charge in [0.2, 0.25) is 0 Å². The largest absolute Gasteiger partial charge is 0.376 e. The van der Waals surface area contributed by atoms with Gasteiger partial charge in [-0.2, -0.15) is 0 Å². The van der Waals surface area contributed by atoms with Crippen molar-refractivity contribution >= 4 is 17.3 Å². The highest BCUT2D eigenvalue weighted by Crippen LogP contribution is 2.19. The highest BCUT2D eigenvalue weighted by Gasteiger charge is 1.98. The van der Waals surface area contributed by atoms with Crippen LogP contribution in [0, 0.1) is 6.92 Å². The third-order valence-corrected chi connectivity index (χ3v) is 4.32. The summed E-state index contributed by atoms with van der Waals surface area (Å²) in [6.45, 7) is 24.8. The summed E-state index contributed by atoms with van der Waals surface area (Å²) in [4.78, 5) is 5.07. The molecule has 2 nitrogen and oxygen atoms in total. The second-order valence-electron chi connectivity index (χ2n) is 5.72. The second kappa shape index (κ2) is 19.1. The molecule has 1 aromatic carbocycles. The Kier molecular flexibility index (Phi) is 19.0. The molecule has 2 aromatic rings. The predicted molar refractivity (Wildman–Crippen MR) is 136 cm³/mol. The fraction of sp³-hybridized carbons (Fsp3) is 0.346. The Morgan fingerprint density at radius 3 is 2.14 bits per heavy atom. The molecule has 1 N–H and O–H groups in total. The van der Waals surface area contributed by atoms with Crippen LogP contribution in [0.25, 0.3) is 5.57 Å². The third-order valence-electron chi connectivity index (χ3n) is 3.58. The van der Waals surface area contributed by atoms with Crippen molar-refractivity contribution in [2.45, 2.75) is 61.9 Å². The molecule has 1 heterocycles. The normalized spacial score (nSPS) is 9.45. The maximum absolute atomic E-state index is 4.01. The number of benzene rings is 1. The summed E-state index contributed by atoms with van der Waals surface area (Å²) in [5, 5.41) is 4.23. The standard InChI is InChI=1S/C13H17NS.C9H11N.2C2H6/c1-10(2)15-12(4)14-9-13-8-6-5-7-11(13)3;1-3-8(2)9-5-4-6-10-7-9;2*1-2/h5-8,14H,1,4,9H2,2-3H3;3-7H,1-2H3;2*1-2H3/b;8-3+;;. The van der Waals surface area contributed by atoms with Crippen LogP contribution >= 0.6 is 11.8 Å². The van der Waals surface area contributed by atoms with Crippen LogP contribution in [0.4, 0.5) is 0 Å². The van der Waals surface area contributed by atoms with Gasteiger partial charge in [-0.1, -0.05) is 89.0 Å². The zero-order valence-corrected chi connectivity index (χ0v) is 20.5. The number of hydrogen-bond acceptors (Lipinski definition) is 3. The first kappa shape index (κ1) is 28.9. The molecule has 0 saturated heterocycles. The van der Waals surface area contributed by atoms with Crippen LogP contribution in [0.15, 0.2) is 78.0 Å². The highest BCUT2D eigenvalue weighted by atomic mass is 32.2. The minimum Gasteiger partial charge on any atom is -0.376 e. The van der Waals surface area contributed by atoms with Crippen molar-refractivity contribution in [3.8, 4) is 0 Å². The van der Waals surface area contributed by atoms with E-state index < -0.39 is 0 Å². The Balaban J connectivity index is 0. The molecule has 0 aliphatic carbocycles. The van der Waals surface area contributed by atoms with Crippen molar-refractivity contribution in [1.29, 1.82) is 0 Å². The zero-order chi connectivity index (χ0) is 22.7. The van der Waals surface area contributed by atoms with E-state index in [2.05, 4.69) is 73.7 Å². The lowest BCUT2D eigenvalue weighted by Gasteiger charge is -2.10. The summed E-state index contributed by atoms with van der Waals surface area (Å²) in [5.74, 6) is 0. The van der Waals surface area contributed by atoms with Crippen LogP contribution in [0.3, 0.4) is 0 Å². The Labute approximate surface area is 184 Å². The van der Waals surface area contributed by atoms with Gasteiger partial charge in [0.25, 0.3) is 0 Å². The summed E-state index contributed by atoms with van der Waals surface area (Å²) < 4.78 is 0. The summed E-state index contributed by atoms with van der Waals surface area (Å²) in [5.41, 5.74) is 5.08. The lowest BCUT2D eigenvalue weighted by molar-refractivity contribution is 0.852. The van der Waals surface area contributed by atoms with E-state index in [0.717, 1.165) is 16.5 Å². The number of nitrogens with zero attached hydrogens (tertiary/aromatic N) is 1. The number of rotatable bonds is 6. The zero-order valence-electron chi connectivity index (χ0n) is 19.7. The number of thioether (sulfide) groups is 1. The number of nitrogens with one attached hydrogen (secondary N) is 1. The summed E-state index contributed by atoms with van der Waals surface area (Å²) in [6, 6.07) is 12.4. The molecule has 2 rings (SSSR count). The van der Waals surface area contributed by atoms with E-state index in [-0.39, 0.29) is 0 Å². The second-order valence-corrected chi connectivity index (χ2v) is 7.11. The molecular weight excluding hydrogens is 372 g/mol. The van der Waals surface area contributed by atoms with Crippen LogP contribution < -0.4 is 5.32 Å². The van der Waals surface area contributed by atoms with Crippen molar-refractivity contribution in [1.82, 2.24) is 10.3 Å². The molecule has 0 fully saturated rings. The monoisotopic (exact) mass is 412 g/mol. The van der Waals surface area contributed by atoms with Crippen LogP contribution in [0.5, 0.6) is 0 Å². The smallest absolute Gasteiger partial charge is 0.0655 e. The maximum atomic E-state index is 4.01. The molecule has 0 amide bonds. The Bertz CT molecular complexity index is 718. The average molecular weight is 413 g/mol. The van der Waals surface area contributed by atoms with Gasteiger partial charge in [0.05, 0.1) is 5.03 Å². The van der Waals surface area contributed by atoms with Gasteiger partial charge in [-0.15, -0.1) is 0 Å². The molecule has 0 aliphatic heterocycles. The van der Waals surface area contributed by atoms with Gasteiger partial charge < -0.3 is 5.32 Å². The van der Waals surface area contributed by atoms with Gasteiger partial charge in [-0.3, -0.25) is 4.98 Å². The topological polar surface area (TPSA) is 24.9 Å². The first-order valence-corrected chi connectivity index (χ1v) is 11.1. The minimum absolute atomic E-state index is 0.825. The van der Waals surface area contributed by atoms with Crippen LogP contribution in [-0.4, -0.2) is 4.98 Å². The predicted octanol–water partition coefficient (Wildman–Crippen LogP) is 8.38. The highest BCUT2D eigenvalue weighted by molar-refractivity contribution is 8.06. The quantitative estimate of drug-likeness (QED) is 0.515. The lowest BCUT2D eigenvalue weighted by atomic mass is 10.1. The van der Waals surface area contributed by atoms with E-state index in [0.29, 0.717) is 0 Å². The molecular formula is C26H40N2S. The van der Waals surface area contributed by atoms with E-state index in [4.69, 9.17) is 0 Å². The molecule has 29 heavy (non-hydrogen) atoms. The van der Waals surface area contributed by atoms with Gasteiger partial charge in [0, 0.05) is 18.9 Å². The molecule has 3 heteroatoms. The lowest BCUT2D eigenvalue weighted by Crippen LogP contribution is -2.10. The van der Waals surface area contributed by atoms with E-state index in [1.807, 2.05) is 53.8 Å². The molecule has 0 bridgehead atoms. The maximum Gasteiger partial charge on any atom is 0.0655 e. The SMILES string of the molecule is C/C=C(\C)c1cccnc1.C=C(C)SC(=C)NCc1ccccc1C.CC.CC. The Hall–Kier alpha value is -2.26. The summed E-state index contributed by atoms with van der Waals surface area (Å²) in [7, 11) is 0. The molecule has 0 spiro atoms. The number of aryl methyl sites for hydroxylation is 1. The van der Waals surface area contributed by atoms with Gasteiger partial charge in [0.15, 0.2) is 0 Å². The van der Waals surface area contributed by atoms with Gasteiger partial charge >= 0.3 is 0 Å². The average Bonchev–Trinajstić information content (AvgIpc) is 2.76. The fourth-order valence-electron chi connectivity index (χ4n) is 2.01. The van der Waals surface area contributed by atoms with Crippen molar-refractivity contribution in [2.75, 3.05) is 0 Å². The molecule has 160 valence electrons. The van der Waals surface area contributed by atoms with Crippen molar-refractivity contribution in [3.63, 3.8) is 0 Å². The Morgan fingerprint density at radius 1 is 1.03 bits per heavy atom. The van der Waals surface area contributed by atoms with Gasteiger partial charge in [0.1, 0.15) is 0 Å². The number of allylic oxidation sites excluding steroid dienone is 3. The van der Waals surface area contributed by atoms with E-state index in [1.54, 1.807) is 18.0 Å². The minimum atomic E-state index is 0.825. The summed E-state index contributed by atoms with van der Waals surface area (Å²) in [6.07, 6.45) is 5.73. The Morgan fingerprint density at radius 2 is 1.66 bits per heavy atom. The first-order chi connectivity index (χ1) is 13.9. The third kappa shape index (κ3) is 14.4. The number of hydrogen-bond donors (Lipinski definition) is 1. The van der Waals surface area contributed by atoms with Crippen LogP contribution in [0.2, 0.25) is 0 Å². The van der Waals surface area contributed by atoms with E-state index in [1.165, 1.54) is 22.3 Å². The van der Waals surface area contributed by atoms with E-state index in [9.17, 15) is 0 Å². The summed E-state index contributed by atoms with van der Waals surface area (Å²) >= 11 is 1.58. The molecule has 1 aromatic heterocycles. The molecule has 0 aliphatic rings. The molecule has 0 radical (unpaired) electrons. The van der Waals surface area contributed by atoms with Gasteiger partial charge in [-0.05, 0) is 60.9 Å². The van der Waals surface area contributed by atoms with Gasteiger partial charge in [-0.25, -0.2) is 0 Å². The number of pyridine rings is 1. The molecule has 0 saturated carbocycles. The number of aromatic nitrogens is 1. The molecule has 0 unspecified atom stereocenters. The van der Waals surface area contributed by atoms with E-state index >= 15 is 0 Å². The van der Waals surface area contributed by atoms with Crippen molar-refractivity contribution in [3.05, 3.63) is 94.7 Å². The fourth-order valence-corrected chi connectivity index (χ4v) is 2.58. The van der Waals surface area contributed by atoms with Crippen molar-refractivity contribution < 1.29 is 0 Å². The van der Waals surface area contributed by atoms with Crippen LogP contribution in [0.1, 0.15) is 65.2 Å². The van der Waals surface area contributed by atoms with Crippen molar-refractivity contribution in [2.24, 2.45) is 0 Å². The first-order valence-electron chi connectivity index (χ1n) is 10.3. The van der Waals surface area contributed by atoms with Crippen LogP contribution in [-0.2, 0) is 6.54 Å².